The molecule has 0 bridgehead atoms. The summed E-state index contributed by atoms with van der Waals surface area (Å²) in [4.78, 5) is 0. The van der Waals surface area contributed by atoms with Crippen molar-refractivity contribution in [3.8, 4) is 11.1 Å². The Morgan fingerprint density at radius 3 is 2.35 bits per heavy atom. The Kier molecular flexibility index (Phi) is 3.63. The molecule has 0 nitrogen and oxygen atoms in total. The lowest BCUT2D eigenvalue weighted by Gasteiger charge is -2.12. The third-order valence-electron chi connectivity index (χ3n) is 3.22. The Balaban J connectivity index is 2.57. The quantitative estimate of drug-likeness (QED) is 0.694. The highest BCUT2D eigenvalue weighted by atomic mass is 14.1. The third-order valence-corrected chi connectivity index (χ3v) is 3.22. The van der Waals surface area contributed by atoms with E-state index in [-0.39, 0.29) is 0 Å². The van der Waals surface area contributed by atoms with Gasteiger partial charge in [-0.05, 0) is 42.5 Å². The van der Waals surface area contributed by atoms with Crippen molar-refractivity contribution in [2.75, 3.05) is 0 Å². The van der Waals surface area contributed by atoms with E-state index in [1.54, 1.807) is 0 Å². The van der Waals surface area contributed by atoms with Gasteiger partial charge in [-0.25, -0.2) is 0 Å². The van der Waals surface area contributed by atoms with Crippen LogP contribution in [0.2, 0.25) is 0 Å². The molecular weight excluding hydrogens is 204 g/mol. The normalized spacial score (nSPS) is 10.5. The van der Waals surface area contributed by atoms with Gasteiger partial charge < -0.3 is 0 Å². The van der Waals surface area contributed by atoms with E-state index in [2.05, 4.69) is 63.2 Å². The van der Waals surface area contributed by atoms with E-state index >= 15 is 0 Å². The Bertz CT molecular complexity index is 509. The van der Waals surface area contributed by atoms with E-state index in [0.29, 0.717) is 0 Å². The van der Waals surface area contributed by atoms with Crippen molar-refractivity contribution in [2.24, 2.45) is 0 Å². The third kappa shape index (κ3) is 2.58. The van der Waals surface area contributed by atoms with Gasteiger partial charge in [-0.15, -0.1) is 0 Å². The molecule has 0 unspecified atom stereocenters. The summed E-state index contributed by atoms with van der Waals surface area (Å²) in [5, 5.41) is 0. The molecule has 0 fully saturated rings. The van der Waals surface area contributed by atoms with Gasteiger partial charge >= 0.3 is 0 Å². The van der Waals surface area contributed by atoms with Crippen molar-refractivity contribution < 1.29 is 0 Å². The Morgan fingerprint density at radius 2 is 1.65 bits per heavy atom. The molecule has 0 heteroatoms. The van der Waals surface area contributed by atoms with Crippen molar-refractivity contribution in [1.29, 1.82) is 0 Å². The minimum Gasteiger partial charge on any atom is -0.0651 e. The van der Waals surface area contributed by atoms with Crippen molar-refractivity contribution in [1.82, 2.24) is 0 Å². The second-order valence-corrected chi connectivity index (χ2v) is 4.73. The van der Waals surface area contributed by atoms with Crippen LogP contribution >= 0.6 is 0 Å². The molecule has 0 N–H and O–H groups in total. The first-order valence-electron chi connectivity index (χ1n) is 6.38. The fraction of sp³-hybridized carbons (Fsp3) is 0.294. The number of hydrogen-bond donors (Lipinski definition) is 0. The number of benzene rings is 2. The van der Waals surface area contributed by atoms with Gasteiger partial charge in [0.1, 0.15) is 0 Å². The van der Waals surface area contributed by atoms with Gasteiger partial charge in [0.25, 0.3) is 0 Å². The van der Waals surface area contributed by atoms with E-state index in [4.69, 9.17) is 0 Å². The van der Waals surface area contributed by atoms with Crippen molar-refractivity contribution >= 4 is 0 Å². The first kappa shape index (κ1) is 11.9. The van der Waals surface area contributed by atoms with Gasteiger partial charge in [0, 0.05) is 0 Å². The van der Waals surface area contributed by atoms with Gasteiger partial charge in [-0.1, -0.05) is 61.4 Å². The highest BCUT2D eigenvalue weighted by Gasteiger charge is 2.06. The summed E-state index contributed by atoms with van der Waals surface area (Å²) in [7, 11) is 0. The summed E-state index contributed by atoms with van der Waals surface area (Å²) in [6, 6.07) is 15.5. The average molecular weight is 224 g/mol. The number of aryl methyl sites for hydroxylation is 3. The van der Waals surface area contributed by atoms with E-state index in [1.807, 2.05) is 0 Å². The molecule has 0 aromatic heterocycles. The van der Waals surface area contributed by atoms with Gasteiger partial charge in [-0.3, -0.25) is 0 Å². The highest BCUT2D eigenvalue weighted by molar-refractivity contribution is 5.71. The maximum atomic E-state index is 2.31. The Labute approximate surface area is 104 Å². The predicted octanol–water partition coefficient (Wildman–Crippen LogP) is 4.92. The maximum Gasteiger partial charge on any atom is -0.0147 e. The van der Waals surface area contributed by atoms with Gasteiger partial charge in [-0.2, -0.15) is 0 Å². The first-order valence-corrected chi connectivity index (χ1v) is 6.38. The molecular formula is C17H20. The average Bonchev–Trinajstić information content (AvgIpc) is 2.32. The van der Waals surface area contributed by atoms with Crippen LogP contribution in [0.15, 0.2) is 42.5 Å². The first-order chi connectivity index (χ1) is 8.22. The molecule has 0 heterocycles. The Hall–Kier alpha value is -1.56. The van der Waals surface area contributed by atoms with E-state index in [0.717, 1.165) is 6.42 Å². The monoisotopic (exact) mass is 224 g/mol. The topological polar surface area (TPSA) is 0 Å². The summed E-state index contributed by atoms with van der Waals surface area (Å²) in [5.41, 5.74) is 6.94. The van der Waals surface area contributed by atoms with Crippen LogP contribution in [-0.2, 0) is 6.42 Å². The van der Waals surface area contributed by atoms with Crippen molar-refractivity contribution in [3.05, 3.63) is 59.2 Å². The Morgan fingerprint density at radius 1 is 0.882 bits per heavy atom. The largest absolute Gasteiger partial charge is 0.0651 e. The second kappa shape index (κ2) is 5.18. The lowest BCUT2D eigenvalue weighted by molar-refractivity contribution is 0.922. The molecule has 0 spiro atoms. The fourth-order valence-electron chi connectivity index (χ4n) is 2.30. The molecule has 0 amide bonds. The second-order valence-electron chi connectivity index (χ2n) is 4.73. The molecule has 17 heavy (non-hydrogen) atoms. The van der Waals surface area contributed by atoms with Crippen LogP contribution in [0.4, 0.5) is 0 Å². The van der Waals surface area contributed by atoms with Crippen LogP contribution in [0.5, 0.6) is 0 Å². The lowest BCUT2D eigenvalue weighted by Crippen LogP contribution is -1.92. The summed E-state index contributed by atoms with van der Waals surface area (Å²) >= 11 is 0. The summed E-state index contributed by atoms with van der Waals surface area (Å²) < 4.78 is 0. The minimum absolute atomic E-state index is 1.16. The molecule has 88 valence electrons. The summed E-state index contributed by atoms with van der Waals surface area (Å²) in [6.45, 7) is 6.59. The molecule has 0 atom stereocenters. The molecule has 2 rings (SSSR count). The van der Waals surface area contributed by atoms with Crippen LogP contribution in [0.3, 0.4) is 0 Å². The molecule has 0 saturated carbocycles. The standard InChI is InChI=1S/C17H20/c1-4-7-15-11-10-13(2)12-17(15)16-9-6-5-8-14(16)3/h5-6,8-12H,4,7H2,1-3H3. The number of rotatable bonds is 3. The fourth-order valence-corrected chi connectivity index (χ4v) is 2.30. The van der Waals surface area contributed by atoms with E-state index in [1.165, 1.54) is 34.2 Å². The summed E-state index contributed by atoms with van der Waals surface area (Å²) in [5.74, 6) is 0. The lowest BCUT2D eigenvalue weighted by atomic mass is 9.92. The zero-order chi connectivity index (χ0) is 12.3. The van der Waals surface area contributed by atoms with E-state index < -0.39 is 0 Å². The SMILES string of the molecule is CCCc1ccc(C)cc1-c1ccccc1C. The van der Waals surface area contributed by atoms with Crippen molar-refractivity contribution in [2.45, 2.75) is 33.6 Å². The van der Waals surface area contributed by atoms with Gasteiger partial charge in [0.2, 0.25) is 0 Å². The highest BCUT2D eigenvalue weighted by Crippen LogP contribution is 2.28. The smallest absolute Gasteiger partial charge is 0.0147 e. The molecule has 0 radical (unpaired) electrons. The minimum atomic E-state index is 1.16. The maximum absolute atomic E-state index is 2.31. The van der Waals surface area contributed by atoms with Crippen LogP contribution in [0, 0.1) is 13.8 Å². The van der Waals surface area contributed by atoms with Gasteiger partial charge in [0.05, 0.1) is 0 Å². The molecule has 0 aliphatic rings. The zero-order valence-electron chi connectivity index (χ0n) is 11.0. The molecule has 0 aliphatic heterocycles. The predicted molar refractivity (Wildman–Crippen MR) is 75.3 cm³/mol. The molecule has 0 saturated heterocycles. The van der Waals surface area contributed by atoms with Gasteiger partial charge in [0.15, 0.2) is 0 Å². The van der Waals surface area contributed by atoms with Crippen molar-refractivity contribution in [3.63, 3.8) is 0 Å². The molecule has 0 aliphatic carbocycles. The number of hydrogen-bond acceptors (Lipinski definition) is 0. The van der Waals surface area contributed by atoms with Crippen LogP contribution in [-0.4, -0.2) is 0 Å². The molecule has 2 aromatic rings. The van der Waals surface area contributed by atoms with Crippen LogP contribution in [0.1, 0.15) is 30.0 Å². The molecule has 2 aromatic carbocycles. The zero-order valence-corrected chi connectivity index (χ0v) is 11.0. The summed E-state index contributed by atoms with van der Waals surface area (Å²) in [6.07, 6.45) is 2.35. The van der Waals surface area contributed by atoms with Crippen LogP contribution < -0.4 is 0 Å². The van der Waals surface area contributed by atoms with E-state index in [9.17, 15) is 0 Å². The van der Waals surface area contributed by atoms with Crippen LogP contribution in [0.25, 0.3) is 11.1 Å².